The topological polar surface area (TPSA) is 38.9 Å². The number of halogens is 3. The van der Waals surface area contributed by atoms with Gasteiger partial charge < -0.3 is 5.73 Å². The molecule has 0 amide bonds. The maximum Gasteiger partial charge on any atom is 0.142 e. The molecule has 0 aliphatic carbocycles. The van der Waals surface area contributed by atoms with Crippen LogP contribution in [0.15, 0.2) is 30.6 Å². The van der Waals surface area contributed by atoms with Crippen molar-refractivity contribution in [2.24, 2.45) is 5.73 Å². The van der Waals surface area contributed by atoms with E-state index in [9.17, 15) is 4.39 Å². The normalized spacial score (nSPS) is 14.2. The second kappa shape index (κ2) is 5.08. The van der Waals surface area contributed by atoms with Crippen molar-refractivity contribution in [3.63, 3.8) is 0 Å². The summed E-state index contributed by atoms with van der Waals surface area (Å²) in [6, 6.07) is 4.53. The number of nitrogens with zero attached hydrogens (tertiary/aromatic N) is 1. The first-order valence-electron chi connectivity index (χ1n) is 5.68. The third-order valence-electron chi connectivity index (χ3n) is 3.04. The molecule has 0 spiro atoms. The quantitative estimate of drug-likeness (QED) is 0.849. The zero-order valence-electron chi connectivity index (χ0n) is 10.5. The van der Waals surface area contributed by atoms with Gasteiger partial charge in [-0.3, -0.25) is 4.98 Å². The molecular formula is C14H13Cl2FN2. The molecule has 2 nitrogen and oxygen atoms in total. The Morgan fingerprint density at radius 1 is 1.16 bits per heavy atom. The highest BCUT2D eigenvalue weighted by molar-refractivity contribution is 6.35. The Morgan fingerprint density at radius 3 is 2.47 bits per heavy atom. The summed E-state index contributed by atoms with van der Waals surface area (Å²) in [4.78, 5) is 4.10. The molecule has 0 bridgehead atoms. The SMILES string of the molecule is Cc1cncc(C(C)(N)c2cc(F)c(Cl)cc2Cl)c1. The van der Waals surface area contributed by atoms with Crippen LogP contribution < -0.4 is 5.73 Å². The lowest BCUT2D eigenvalue weighted by Crippen LogP contribution is -2.35. The summed E-state index contributed by atoms with van der Waals surface area (Å²) in [6.07, 6.45) is 3.37. The Balaban J connectivity index is 2.59. The molecule has 5 heteroatoms. The number of hydrogen-bond acceptors (Lipinski definition) is 2. The lowest BCUT2D eigenvalue weighted by atomic mass is 9.86. The molecule has 1 aromatic heterocycles. The van der Waals surface area contributed by atoms with Crippen molar-refractivity contribution in [2.45, 2.75) is 19.4 Å². The summed E-state index contributed by atoms with van der Waals surface area (Å²) in [5, 5.41) is 0.310. The van der Waals surface area contributed by atoms with Gasteiger partial charge in [0.25, 0.3) is 0 Å². The molecule has 0 aliphatic rings. The molecule has 0 aliphatic heterocycles. The lowest BCUT2D eigenvalue weighted by Gasteiger charge is -2.27. The molecule has 0 saturated heterocycles. The minimum absolute atomic E-state index is 0.0214. The van der Waals surface area contributed by atoms with Crippen molar-refractivity contribution in [3.05, 3.63) is 63.1 Å². The van der Waals surface area contributed by atoms with Gasteiger partial charge in [0.15, 0.2) is 0 Å². The Bertz CT molecular complexity index is 627. The van der Waals surface area contributed by atoms with Crippen LogP contribution in [0.2, 0.25) is 10.0 Å². The first kappa shape index (κ1) is 14.3. The Morgan fingerprint density at radius 2 is 1.84 bits per heavy atom. The van der Waals surface area contributed by atoms with Gasteiger partial charge in [-0.05, 0) is 42.7 Å². The van der Waals surface area contributed by atoms with Crippen LogP contribution in [0, 0.1) is 12.7 Å². The minimum Gasteiger partial charge on any atom is -0.318 e. The van der Waals surface area contributed by atoms with Crippen LogP contribution in [0.4, 0.5) is 4.39 Å². The molecule has 0 saturated carbocycles. The fraction of sp³-hybridized carbons (Fsp3) is 0.214. The van der Waals surface area contributed by atoms with E-state index in [2.05, 4.69) is 4.98 Å². The third-order valence-corrected chi connectivity index (χ3v) is 3.65. The molecule has 1 heterocycles. The molecule has 2 rings (SSSR count). The van der Waals surface area contributed by atoms with Crippen LogP contribution in [0.1, 0.15) is 23.6 Å². The second-order valence-electron chi connectivity index (χ2n) is 4.70. The average molecular weight is 299 g/mol. The predicted octanol–water partition coefficient (Wildman–Crippen LogP) is 4.06. The molecule has 2 aromatic rings. The summed E-state index contributed by atoms with van der Waals surface area (Å²) in [5.74, 6) is -0.543. The molecular weight excluding hydrogens is 286 g/mol. The summed E-state index contributed by atoms with van der Waals surface area (Å²) < 4.78 is 13.6. The van der Waals surface area contributed by atoms with Crippen LogP contribution in [-0.2, 0) is 5.54 Å². The van der Waals surface area contributed by atoms with Gasteiger partial charge in [0.05, 0.1) is 10.6 Å². The molecule has 1 aromatic carbocycles. The van der Waals surface area contributed by atoms with Crippen molar-refractivity contribution >= 4 is 23.2 Å². The molecule has 2 N–H and O–H groups in total. The van der Waals surface area contributed by atoms with Crippen molar-refractivity contribution in [1.82, 2.24) is 4.98 Å². The van der Waals surface area contributed by atoms with Gasteiger partial charge >= 0.3 is 0 Å². The first-order valence-corrected chi connectivity index (χ1v) is 6.44. The number of pyridine rings is 1. The van der Waals surface area contributed by atoms with Gasteiger partial charge in [-0.15, -0.1) is 0 Å². The second-order valence-corrected chi connectivity index (χ2v) is 5.51. The van der Waals surface area contributed by atoms with Crippen LogP contribution in [-0.4, -0.2) is 4.98 Å². The van der Waals surface area contributed by atoms with Gasteiger partial charge in [0.2, 0.25) is 0 Å². The third kappa shape index (κ3) is 2.73. The van der Waals surface area contributed by atoms with Crippen LogP contribution in [0.25, 0.3) is 0 Å². The monoisotopic (exact) mass is 298 g/mol. The van der Waals surface area contributed by atoms with Crippen LogP contribution in [0.3, 0.4) is 0 Å². The van der Waals surface area contributed by atoms with Gasteiger partial charge in [-0.25, -0.2) is 4.39 Å². The zero-order valence-corrected chi connectivity index (χ0v) is 12.1. The van der Waals surface area contributed by atoms with E-state index in [1.807, 2.05) is 13.0 Å². The maximum absolute atomic E-state index is 13.6. The van der Waals surface area contributed by atoms with Crippen molar-refractivity contribution in [2.75, 3.05) is 0 Å². The van der Waals surface area contributed by atoms with Gasteiger partial charge in [0.1, 0.15) is 5.82 Å². The predicted molar refractivity (Wildman–Crippen MR) is 76.0 cm³/mol. The van der Waals surface area contributed by atoms with Crippen LogP contribution in [0.5, 0.6) is 0 Å². The highest BCUT2D eigenvalue weighted by Crippen LogP contribution is 2.34. The fourth-order valence-electron chi connectivity index (χ4n) is 1.92. The van der Waals surface area contributed by atoms with E-state index in [1.54, 1.807) is 19.3 Å². The van der Waals surface area contributed by atoms with Crippen molar-refractivity contribution < 1.29 is 4.39 Å². The Hall–Kier alpha value is -1.16. The van der Waals surface area contributed by atoms with E-state index in [-0.39, 0.29) is 5.02 Å². The maximum atomic E-state index is 13.6. The molecule has 1 atom stereocenters. The molecule has 100 valence electrons. The average Bonchev–Trinajstić information content (AvgIpc) is 2.33. The summed E-state index contributed by atoms with van der Waals surface area (Å²) in [6.45, 7) is 3.68. The Labute approximate surface area is 121 Å². The highest BCUT2D eigenvalue weighted by Gasteiger charge is 2.28. The van der Waals surface area contributed by atoms with Gasteiger partial charge in [-0.1, -0.05) is 29.3 Å². The van der Waals surface area contributed by atoms with Crippen molar-refractivity contribution in [3.8, 4) is 0 Å². The van der Waals surface area contributed by atoms with Gasteiger partial charge in [0, 0.05) is 17.4 Å². The summed E-state index contributed by atoms with van der Waals surface area (Å²) in [7, 11) is 0. The number of benzene rings is 1. The molecule has 19 heavy (non-hydrogen) atoms. The standard InChI is InChI=1S/C14H13Cl2FN2/c1-8-3-9(7-19-6-8)14(2,18)10-4-13(17)12(16)5-11(10)15/h3-7H,18H2,1-2H3. The smallest absolute Gasteiger partial charge is 0.142 e. The summed E-state index contributed by atoms with van der Waals surface area (Å²) >= 11 is 11.8. The van der Waals surface area contributed by atoms with E-state index < -0.39 is 11.4 Å². The molecule has 0 fully saturated rings. The van der Waals surface area contributed by atoms with Gasteiger partial charge in [-0.2, -0.15) is 0 Å². The highest BCUT2D eigenvalue weighted by atomic mass is 35.5. The number of rotatable bonds is 2. The Kier molecular flexibility index (Phi) is 3.81. The summed E-state index contributed by atoms with van der Waals surface area (Å²) in [5.41, 5.74) is 7.58. The van der Waals surface area contributed by atoms with E-state index in [0.717, 1.165) is 11.1 Å². The number of nitrogens with two attached hydrogens (primary N) is 1. The van der Waals surface area contributed by atoms with Crippen molar-refractivity contribution in [1.29, 1.82) is 0 Å². The van der Waals surface area contributed by atoms with E-state index >= 15 is 0 Å². The van der Waals surface area contributed by atoms with Crippen LogP contribution >= 0.6 is 23.2 Å². The van der Waals surface area contributed by atoms with E-state index in [1.165, 1.54) is 12.1 Å². The number of aryl methyl sites for hydroxylation is 1. The lowest BCUT2D eigenvalue weighted by molar-refractivity contribution is 0.580. The fourth-order valence-corrected chi connectivity index (χ4v) is 2.49. The largest absolute Gasteiger partial charge is 0.318 e. The number of hydrogen-bond donors (Lipinski definition) is 1. The minimum atomic E-state index is -0.943. The number of aromatic nitrogens is 1. The zero-order chi connectivity index (χ0) is 14.2. The molecule has 1 unspecified atom stereocenters. The molecule has 0 radical (unpaired) electrons. The van der Waals surface area contributed by atoms with E-state index in [4.69, 9.17) is 28.9 Å². The first-order chi connectivity index (χ1) is 8.82. The van der Waals surface area contributed by atoms with E-state index in [0.29, 0.717) is 10.6 Å².